The Hall–Kier alpha value is -2.19. The number of sulfonamides is 1. The molecular formula is C38H56N2O4S. The molecule has 3 aliphatic carbocycles. The normalized spacial score (nSPS) is 30.1. The van der Waals surface area contributed by atoms with Crippen LogP contribution in [0.25, 0.3) is 10.8 Å². The van der Waals surface area contributed by atoms with Crippen molar-refractivity contribution in [1.29, 1.82) is 0 Å². The van der Waals surface area contributed by atoms with Crippen molar-refractivity contribution in [2.45, 2.75) is 121 Å². The lowest BCUT2D eigenvalue weighted by Crippen LogP contribution is -2.40. The van der Waals surface area contributed by atoms with Gasteiger partial charge in [0.05, 0.1) is 16.6 Å². The highest BCUT2D eigenvalue weighted by Gasteiger charge is 2.50. The molecule has 45 heavy (non-hydrogen) atoms. The first-order valence-corrected chi connectivity index (χ1v) is 18.7. The van der Waals surface area contributed by atoms with Crippen LogP contribution in [0.2, 0.25) is 0 Å². The molecule has 5 rings (SSSR count). The average Bonchev–Trinajstić information content (AvgIpc) is 3.31. The van der Waals surface area contributed by atoms with E-state index in [-0.39, 0.29) is 10.9 Å². The molecule has 0 spiro atoms. The molecule has 0 bridgehead atoms. The average molecular weight is 637 g/mol. The molecule has 0 saturated heterocycles. The van der Waals surface area contributed by atoms with E-state index in [0.29, 0.717) is 47.8 Å². The number of hydrogen-bond acceptors (Lipinski definition) is 5. The summed E-state index contributed by atoms with van der Waals surface area (Å²) in [6.07, 6.45) is 14.8. The Bertz CT molecular complexity index is 1520. The van der Waals surface area contributed by atoms with Crippen LogP contribution in [-0.2, 0) is 10.0 Å². The SMILES string of the molecule is C[C@H](CCCC(C)(C)O)[C@H]1CC[C@H]2/C(=C/C=C3\CC(NS(=O)(=O)c4cccc5c(N(C)C)cccc45)C[C@H](O)C3)CCC[C@]12C. The van der Waals surface area contributed by atoms with Gasteiger partial charge in [0.25, 0.3) is 0 Å². The van der Waals surface area contributed by atoms with Gasteiger partial charge in [-0.2, -0.15) is 0 Å². The summed E-state index contributed by atoms with van der Waals surface area (Å²) in [6.45, 7) is 8.76. The zero-order chi connectivity index (χ0) is 32.6. The monoisotopic (exact) mass is 636 g/mol. The molecule has 3 saturated carbocycles. The minimum Gasteiger partial charge on any atom is -0.393 e. The second kappa shape index (κ2) is 13.5. The number of fused-ring (bicyclic) bond motifs is 2. The number of rotatable bonds is 10. The predicted molar refractivity (Wildman–Crippen MR) is 186 cm³/mol. The standard InChI is InChI=1S/C38H56N2O4S/c1-26(11-9-21-37(2,3)42)33-19-20-34-28(12-10-22-38(33,34)4)18-17-27-23-29(25-30(41)24-27)39-45(43,44)36-16-8-13-31-32(36)14-7-15-35(31)40(5)6/h7-8,13-18,26,29-30,33-34,39,41-42H,9-12,19-25H2,1-6H3/b27-17+,28-18+/t26-,29?,30-,33-,34+,38-/m1/s1. The third kappa shape index (κ3) is 7.69. The number of anilines is 1. The number of benzene rings is 2. The first-order chi connectivity index (χ1) is 21.2. The summed E-state index contributed by atoms with van der Waals surface area (Å²) in [5.41, 5.74) is 3.35. The number of aliphatic hydroxyl groups is 2. The third-order valence-electron chi connectivity index (χ3n) is 11.2. The molecule has 2 aromatic rings. The molecule has 0 aromatic heterocycles. The quantitative estimate of drug-likeness (QED) is 0.248. The molecule has 7 heteroatoms. The van der Waals surface area contributed by atoms with Crippen molar-refractivity contribution in [3.8, 4) is 0 Å². The van der Waals surface area contributed by atoms with Crippen molar-refractivity contribution in [3.63, 3.8) is 0 Å². The Labute approximate surface area is 272 Å². The fraction of sp³-hybridized carbons (Fsp3) is 0.632. The van der Waals surface area contributed by atoms with Crippen LogP contribution in [0.5, 0.6) is 0 Å². The Morgan fingerprint density at radius 1 is 1.09 bits per heavy atom. The van der Waals surface area contributed by atoms with Crippen molar-refractivity contribution in [3.05, 3.63) is 59.7 Å². The van der Waals surface area contributed by atoms with Crippen LogP contribution in [0.1, 0.15) is 98.3 Å². The van der Waals surface area contributed by atoms with Gasteiger partial charge >= 0.3 is 0 Å². The highest BCUT2D eigenvalue weighted by molar-refractivity contribution is 7.89. The molecule has 0 aliphatic heterocycles. The number of allylic oxidation sites excluding steroid dienone is 3. The van der Waals surface area contributed by atoms with E-state index in [1.54, 1.807) is 12.1 Å². The maximum Gasteiger partial charge on any atom is 0.241 e. The predicted octanol–water partition coefficient (Wildman–Crippen LogP) is 7.74. The molecule has 248 valence electrons. The highest BCUT2D eigenvalue weighted by atomic mass is 32.2. The van der Waals surface area contributed by atoms with Crippen LogP contribution < -0.4 is 9.62 Å². The van der Waals surface area contributed by atoms with Crippen molar-refractivity contribution in [1.82, 2.24) is 4.72 Å². The molecule has 3 fully saturated rings. The second-order valence-electron chi connectivity index (χ2n) is 15.5. The van der Waals surface area contributed by atoms with Gasteiger partial charge in [-0.3, -0.25) is 0 Å². The van der Waals surface area contributed by atoms with Crippen LogP contribution in [0, 0.1) is 23.2 Å². The zero-order valence-electron chi connectivity index (χ0n) is 28.4. The van der Waals surface area contributed by atoms with E-state index >= 15 is 0 Å². The molecule has 2 aromatic carbocycles. The van der Waals surface area contributed by atoms with Crippen LogP contribution in [0.15, 0.2) is 64.6 Å². The second-order valence-corrected chi connectivity index (χ2v) is 17.2. The number of hydrogen-bond donors (Lipinski definition) is 3. The summed E-state index contributed by atoms with van der Waals surface area (Å²) in [6, 6.07) is 10.9. The minimum atomic E-state index is -3.80. The van der Waals surface area contributed by atoms with Gasteiger partial charge in [0, 0.05) is 36.6 Å². The molecule has 6 atom stereocenters. The highest BCUT2D eigenvalue weighted by Crippen LogP contribution is 2.60. The Kier molecular flexibility index (Phi) is 10.2. The minimum absolute atomic E-state index is 0.281. The van der Waals surface area contributed by atoms with Crippen molar-refractivity contribution < 1.29 is 18.6 Å². The summed E-state index contributed by atoms with van der Waals surface area (Å²) in [5, 5.41) is 22.6. The van der Waals surface area contributed by atoms with Gasteiger partial charge in [-0.25, -0.2) is 13.1 Å². The van der Waals surface area contributed by atoms with E-state index < -0.39 is 21.7 Å². The fourth-order valence-corrected chi connectivity index (χ4v) is 10.6. The zero-order valence-corrected chi connectivity index (χ0v) is 29.2. The molecule has 3 aliphatic rings. The molecule has 0 radical (unpaired) electrons. The Morgan fingerprint density at radius 3 is 2.56 bits per heavy atom. The van der Waals surface area contributed by atoms with Gasteiger partial charge in [-0.05, 0) is 107 Å². The van der Waals surface area contributed by atoms with Gasteiger partial charge in [0.1, 0.15) is 0 Å². The van der Waals surface area contributed by atoms with E-state index in [2.05, 4.69) is 30.7 Å². The summed E-state index contributed by atoms with van der Waals surface area (Å²) in [5.74, 6) is 1.95. The number of nitrogens with zero attached hydrogens (tertiary/aromatic N) is 1. The smallest absolute Gasteiger partial charge is 0.241 e. The van der Waals surface area contributed by atoms with Gasteiger partial charge in [0.2, 0.25) is 10.0 Å². The van der Waals surface area contributed by atoms with Gasteiger partial charge in [0.15, 0.2) is 0 Å². The van der Waals surface area contributed by atoms with E-state index in [1.807, 2.05) is 57.1 Å². The third-order valence-corrected chi connectivity index (χ3v) is 12.8. The van der Waals surface area contributed by atoms with Gasteiger partial charge in [-0.15, -0.1) is 0 Å². The lowest BCUT2D eigenvalue weighted by atomic mass is 9.60. The van der Waals surface area contributed by atoms with E-state index in [9.17, 15) is 18.6 Å². The molecule has 3 N–H and O–H groups in total. The van der Waals surface area contributed by atoms with Crippen LogP contribution in [0.3, 0.4) is 0 Å². The van der Waals surface area contributed by atoms with Crippen LogP contribution in [0.4, 0.5) is 5.69 Å². The van der Waals surface area contributed by atoms with E-state index in [4.69, 9.17) is 0 Å². The summed E-state index contributed by atoms with van der Waals surface area (Å²) in [7, 11) is 0.123. The molecule has 0 amide bonds. The summed E-state index contributed by atoms with van der Waals surface area (Å²) in [4.78, 5) is 2.28. The Morgan fingerprint density at radius 2 is 1.82 bits per heavy atom. The lowest BCUT2D eigenvalue weighted by Gasteiger charge is -2.44. The van der Waals surface area contributed by atoms with Crippen molar-refractivity contribution >= 4 is 26.5 Å². The Balaban J connectivity index is 1.29. The first-order valence-electron chi connectivity index (χ1n) is 17.2. The molecule has 6 nitrogen and oxygen atoms in total. The van der Waals surface area contributed by atoms with Crippen LogP contribution in [-0.4, -0.2) is 50.5 Å². The van der Waals surface area contributed by atoms with Gasteiger partial charge < -0.3 is 15.1 Å². The van der Waals surface area contributed by atoms with Crippen molar-refractivity contribution in [2.24, 2.45) is 23.2 Å². The summed E-state index contributed by atoms with van der Waals surface area (Å²) >= 11 is 0. The molecule has 0 heterocycles. The largest absolute Gasteiger partial charge is 0.393 e. The van der Waals surface area contributed by atoms with Crippen molar-refractivity contribution in [2.75, 3.05) is 19.0 Å². The van der Waals surface area contributed by atoms with E-state index in [0.717, 1.165) is 35.9 Å². The van der Waals surface area contributed by atoms with Gasteiger partial charge in [-0.1, -0.05) is 74.3 Å². The number of aliphatic hydroxyl groups excluding tert-OH is 1. The van der Waals surface area contributed by atoms with Crippen LogP contribution >= 0.6 is 0 Å². The van der Waals surface area contributed by atoms with E-state index in [1.165, 1.54) is 37.7 Å². The maximum absolute atomic E-state index is 13.7. The molecule has 1 unspecified atom stereocenters. The fourth-order valence-electron chi connectivity index (χ4n) is 9.09. The topological polar surface area (TPSA) is 89.9 Å². The lowest BCUT2D eigenvalue weighted by molar-refractivity contribution is 0.0596. The first kappa shape index (κ1) is 34.2. The summed E-state index contributed by atoms with van der Waals surface area (Å²) < 4.78 is 30.4. The maximum atomic E-state index is 13.7. The number of nitrogens with one attached hydrogen (secondary N) is 1. The molecular weight excluding hydrogens is 580 g/mol.